The lowest BCUT2D eigenvalue weighted by Crippen LogP contribution is -2.13. The number of nitrogens with zero attached hydrogens (tertiary/aromatic N) is 1. The van der Waals surface area contributed by atoms with E-state index in [1.54, 1.807) is 19.4 Å². The van der Waals surface area contributed by atoms with Gasteiger partial charge in [-0.25, -0.2) is 4.98 Å². The van der Waals surface area contributed by atoms with Crippen molar-refractivity contribution >= 4 is 27.7 Å². The molecule has 0 aliphatic rings. The van der Waals surface area contributed by atoms with Gasteiger partial charge in [-0.3, -0.25) is 4.79 Å². The third-order valence-corrected chi connectivity index (χ3v) is 3.41. The summed E-state index contributed by atoms with van der Waals surface area (Å²) in [6.45, 7) is 0. The predicted octanol–water partition coefficient (Wildman–Crippen LogP) is 3.42. The Bertz CT molecular complexity index is 588. The van der Waals surface area contributed by atoms with Gasteiger partial charge in [0.2, 0.25) is 5.91 Å². The molecular weight excluding hydrogens is 320 g/mol. The number of methoxy groups -OCH3 is 1. The van der Waals surface area contributed by atoms with Crippen LogP contribution in [0.5, 0.6) is 5.75 Å². The average Bonchev–Trinajstić information content (AvgIpc) is 2.46. The highest BCUT2D eigenvalue weighted by Crippen LogP contribution is 2.25. The summed E-state index contributed by atoms with van der Waals surface area (Å²) in [6.07, 6.45) is 2.73. The van der Waals surface area contributed by atoms with Crippen molar-refractivity contribution in [3.05, 3.63) is 52.6 Å². The number of pyridine rings is 1. The number of hydrogen-bond donors (Lipinski definition) is 1. The van der Waals surface area contributed by atoms with Gasteiger partial charge in [0.05, 0.1) is 11.6 Å². The van der Waals surface area contributed by atoms with Crippen molar-refractivity contribution < 1.29 is 9.53 Å². The molecule has 1 aromatic carbocycles. The normalized spacial score (nSPS) is 10.1. The van der Waals surface area contributed by atoms with Gasteiger partial charge in [0.1, 0.15) is 11.6 Å². The molecule has 1 aromatic heterocycles. The van der Waals surface area contributed by atoms with Gasteiger partial charge in [-0.15, -0.1) is 0 Å². The van der Waals surface area contributed by atoms with Crippen LogP contribution in [-0.4, -0.2) is 18.0 Å². The van der Waals surface area contributed by atoms with Crippen molar-refractivity contribution in [1.82, 2.24) is 4.98 Å². The minimum absolute atomic E-state index is 0.0457. The molecule has 0 saturated carbocycles. The molecule has 0 fully saturated rings. The fraction of sp³-hybridized carbons (Fsp3) is 0.200. The maximum Gasteiger partial charge on any atom is 0.225 e. The standard InChI is InChI=1S/C15H15BrN2O2/c1-20-13-7-5-11(10-12(13)16)6-8-15(19)18-14-4-2-3-9-17-14/h2-5,7,9-10H,6,8H2,1H3,(H,17,18,19). The molecule has 0 atom stereocenters. The van der Waals surface area contributed by atoms with Crippen molar-refractivity contribution in [2.75, 3.05) is 12.4 Å². The van der Waals surface area contributed by atoms with Crippen molar-refractivity contribution in [2.24, 2.45) is 0 Å². The van der Waals surface area contributed by atoms with E-state index in [-0.39, 0.29) is 5.91 Å². The number of aromatic nitrogens is 1. The number of aryl methyl sites for hydroxylation is 1. The number of carbonyl (C=O) groups excluding carboxylic acids is 1. The smallest absolute Gasteiger partial charge is 0.225 e. The van der Waals surface area contributed by atoms with E-state index in [1.165, 1.54) is 0 Å². The number of hydrogen-bond acceptors (Lipinski definition) is 3. The lowest BCUT2D eigenvalue weighted by molar-refractivity contribution is -0.116. The van der Waals surface area contributed by atoms with Crippen LogP contribution in [0.2, 0.25) is 0 Å². The van der Waals surface area contributed by atoms with Crippen LogP contribution in [0, 0.1) is 0 Å². The van der Waals surface area contributed by atoms with Gasteiger partial charge in [0, 0.05) is 12.6 Å². The molecule has 5 heteroatoms. The van der Waals surface area contributed by atoms with Crippen molar-refractivity contribution in [3.8, 4) is 5.75 Å². The average molecular weight is 335 g/mol. The first-order valence-corrected chi connectivity index (χ1v) is 7.01. The van der Waals surface area contributed by atoms with Crippen LogP contribution in [-0.2, 0) is 11.2 Å². The van der Waals surface area contributed by atoms with Gasteiger partial charge in [-0.05, 0) is 52.2 Å². The summed E-state index contributed by atoms with van der Waals surface area (Å²) in [5.41, 5.74) is 1.08. The van der Waals surface area contributed by atoms with E-state index in [0.717, 1.165) is 15.8 Å². The molecule has 1 amide bonds. The Balaban J connectivity index is 1.89. The quantitative estimate of drug-likeness (QED) is 0.911. The Kier molecular flexibility index (Phi) is 5.12. The molecule has 0 radical (unpaired) electrons. The summed E-state index contributed by atoms with van der Waals surface area (Å²) in [6, 6.07) is 11.2. The molecule has 0 aliphatic heterocycles. The zero-order valence-electron chi connectivity index (χ0n) is 11.1. The highest BCUT2D eigenvalue weighted by atomic mass is 79.9. The van der Waals surface area contributed by atoms with Gasteiger partial charge in [0.15, 0.2) is 0 Å². The third-order valence-electron chi connectivity index (χ3n) is 2.79. The van der Waals surface area contributed by atoms with Crippen LogP contribution in [0.15, 0.2) is 47.1 Å². The zero-order chi connectivity index (χ0) is 14.4. The molecule has 104 valence electrons. The predicted molar refractivity (Wildman–Crippen MR) is 81.9 cm³/mol. The van der Waals surface area contributed by atoms with Crippen LogP contribution in [0.4, 0.5) is 5.82 Å². The fourth-order valence-electron chi connectivity index (χ4n) is 1.77. The highest BCUT2D eigenvalue weighted by Gasteiger charge is 2.06. The largest absolute Gasteiger partial charge is 0.496 e. The molecule has 1 heterocycles. The Morgan fingerprint density at radius 1 is 1.35 bits per heavy atom. The third kappa shape index (κ3) is 4.06. The molecular formula is C15H15BrN2O2. The maximum atomic E-state index is 11.8. The number of carbonyl (C=O) groups is 1. The first kappa shape index (κ1) is 14.5. The fourth-order valence-corrected chi connectivity index (χ4v) is 2.35. The van der Waals surface area contributed by atoms with Gasteiger partial charge in [-0.1, -0.05) is 12.1 Å². The van der Waals surface area contributed by atoms with Gasteiger partial charge in [-0.2, -0.15) is 0 Å². The van der Waals surface area contributed by atoms with Gasteiger partial charge >= 0.3 is 0 Å². The molecule has 2 aromatic rings. The number of benzene rings is 1. The summed E-state index contributed by atoms with van der Waals surface area (Å²) in [7, 11) is 1.63. The van der Waals surface area contributed by atoms with E-state index in [4.69, 9.17) is 4.74 Å². The number of halogens is 1. The van der Waals surface area contributed by atoms with Crippen LogP contribution in [0.25, 0.3) is 0 Å². The van der Waals surface area contributed by atoms with E-state index in [0.29, 0.717) is 18.7 Å². The summed E-state index contributed by atoms with van der Waals surface area (Å²) in [5.74, 6) is 1.32. The number of nitrogens with one attached hydrogen (secondary N) is 1. The second-order valence-electron chi connectivity index (χ2n) is 4.23. The van der Waals surface area contributed by atoms with Crippen LogP contribution < -0.4 is 10.1 Å². The summed E-state index contributed by atoms with van der Waals surface area (Å²) < 4.78 is 6.06. The second-order valence-corrected chi connectivity index (χ2v) is 5.09. The van der Waals surface area contributed by atoms with E-state index < -0.39 is 0 Å². The number of amides is 1. The molecule has 0 saturated heterocycles. The topological polar surface area (TPSA) is 51.2 Å². The first-order valence-electron chi connectivity index (χ1n) is 6.22. The Hall–Kier alpha value is -1.88. The molecule has 0 bridgehead atoms. The minimum Gasteiger partial charge on any atom is -0.496 e. The van der Waals surface area contributed by atoms with Crippen molar-refractivity contribution in [2.45, 2.75) is 12.8 Å². The zero-order valence-corrected chi connectivity index (χ0v) is 12.7. The summed E-state index contributed by atoms with van der Waals surface area (Å²) >= 11 is 3.43. The molecule has 20 heavy (non-hydrogen) atoms. The number of ether oxygens (including phenoxy) is 1. The lowest BCUT2D eigenvalue weighted by atomic mass is 10.1. The molecule has 0 aliphatic carbocycles. The molecule has 0 unspecified atom stereocenters. The molecule has 4 nitrogen and oxygen atoms in total. The number of anilines is 1. The second kappa shape index (κ2) is 7.05. The Morgan fingerprint density at radius 2 is 2.20 bits per heavy atom. The Morgan fingerprint density at radius 3 is 2.85 bits per heavy atom. The minimum atomic E-state index is -0.0457. The molecule has 2 rings (SSSR count). The molecule has 0 spiro atoms. The van der Waals surface area contributed by atoms with Crippen LogP contribution >= 0.6 is 15.9 Å². The summed E-state index contributed by atoms with van der Waals surface area (Å²) in [5, 5.41) is 2.76. The Labute approximate surface area is 126 Å². The SMILES string of the molecule is COc1ccc(CCC(=O)Nc2ccccn2)cc1Br. The van der Waals surface area contributed by atoms with E-state index in [1.807, 2.05) is 30.3 Å². The van der Waals surface area contributed by atoms with Crippen LogP contribution in [0.1, 0.15) is 12.0 Å². The highest BCUT2D eigenvalue weighted by molar-refractivity contribution is 9.10. The van der Waals surface area contributed by atoms with E-state index >= 15 is 0 Å². The lowest BCUT2D eigenvalue weighted by Gasteiger charge is -2.07. The maximum absolute atomic E-state index is 11.8. The van der Waals surface area contributed by atoms with Crippen molar-refractivity contribution in [3.63, 3.8) is 0 Å². The van der Waals surface area contributed by atoms with E-state index in [2.05, 4.69) is 26.2 Å². The number of rotatable bonds is 5. The van der Waals surface area contributed by atoms with Gasteiger partial charge < -0.3 is 10.1 Å². The van der Waals surface area contributed by atoms with Gasteiger partial charge in [0.25, 0.3) is 0 Å². The first-order chi connectivity index (χ1) is 9.69. The molecule has 1 N–H and O–H groups in total. The van der Waals surface area contributed by atoms with E-state index in [9.17, 15) is 4.79 Å². The van der Waals surface area contributed by atoms with Crippen LogP contribution in [0.3, 0.4) is 0 Å². The van der Waals surface area contributed by atoms with Crippen molar-refractivity contribution in [1.29, 1.82) is 0 Å². The summed E-state index contributed by atoms with van der Waals surface area (Å²) in [4.78, 5) is 15.9. The monoisotopic (exact) mass is 334 g/mol.